The zero-order valence-electron chi connectivity index (χ0n) is 15.4. The molecule has 0 spiro atoms. The van der Waals surface area contributed by atoms with Crippen LogP contribution in [-0.2, 0) is 27.5 Å². The van der Waals surface area contributed by atoms with Crippen LogP contribution in [0.25, 0.3) is 0 Å². The zero-order valence-corrected chi connectivity index (χ0v) is 15.4. The normalized spacial score (nSPS) is 23.3. The molecule has 3 unspecified atom stereocenters. The number of hydrogen-bond acceptors (Lipinski definition) is 4. The van der Waals surface area contributed by atoms with Crippen LogP contribution in [0.4, 0.5) is 0 Å². The Balaban J connectivity index is 0.000000659. The number of nitrogens with zero attached hydrogens (tertiary/aromatic N) is 1. The van der Waals surface area contributed by atoms with E-state index in [1.807, 2.05) is 0 Å². The van der Waals surface area contributed by atoms with E-state index < -0.39 is 0 Å². The summed E-state index contributed by atoms with van der Waals surface area (Å²) in [5.74, 6) is 1.30. The fourth-order valence-electron chi connectivity index (χ4n) is 4.07. The first-order chi connectivity index (χ1) is 13.3. The van der Waals surface area contributed by atoms with Gasteiger partial charge < -0.3 is 4.74 Å². The number of hydrogen-bond donors (Lipinski definition) is 0. The first kappa shape index (κ1) is 19.2. The molecule has 2 aliphatic heterocycles. The molecule has 2 heterocycles. The van der Waals surface area contributed by atoms with Crippen LogP contribution in [-0.4, -0.2) is 30.2 Å². The lowest BCUT2D eigenvalue weighted by Gasteiger charge is -2.46. The summed E-state index contributed by atoms with van der Waals surface area (Å²) in [7, 11) is 0. The van der Waals surface area contributed by atoms with E-state index >= 15 is 0 Å². The standard InChI is InChI=1S/C22H25NO.CO2/c1-3-7-18(8-4-1)14-23-15-20-11-12-22(23)21(13-20)17-24-16-19-9-5-2-6-10-19;2-1-3/h1-12,20-22H,13-17H2;. The highest BCUT2D eigenvalue weighted by Crippen LogP contribution is 2.35. The molecule has 2 aromatic rings. The van der Waals surface area contributed by atoms with Crippen LogP contribution in [0.3, 0.4) is 0 Å². The molecule has 4 nitrogen and oxygen atoms in total. The van der Waals surface area contributed by atoms with Gasteiger partial charge in [0.2, 0.25) is 0 Å². The second-order valence-electron chi connectivity index (χ2n) is 7.13. The minimum Gasteiger partial charge on any atom is -0.376 e. The topological polar surface area (TPSA) is 46.6 Å². The molecule has 1 fully saturated rings. The summed E-state index contributed by atoms with van der Waals surface area (Å²) in [4.78, 5) is 18.9. The maximum atomic E-state index is 8.12. The van der Waals surface area contributed by atoms with Crippen LogP contribution in [0.2, 0.25) is 0 Å². The molecule has 27 heavy (non-hydrogen) atoms. The van der Waals surface area contributed by atoms with Crippen LogP contribution < -0.4 is 0 Å². The van der Waals surface area contributed by atoms with Gasteiger partial charge >= 0.3 is 6.15 Å². The van der Waals surface area contributed by atoms with Crippen molar-refractivity contribution < 1.29 is 14.3 Å². The fraction of sp³-hybridized carbons (Fsp3) is 0.348. The Morgan fingerprint density at radius 3 is 2.19 bits per heavy atom. The first-order valence-corrected chi connectivity index (χ1v) is 9.37. The Morgan fingerprint density at radius 1 is 0.926 bits per heavy atom. The highest BCUT2D eigenvalue weighted by Gasteiger charge is 2.37. The summed E-state index contributed by atoms with van der Waals surface area (Å²) < 4.78 is 6.05. The minimum absolute atomic E-state index is 0.250. The molecule has 3 aliphatic rings. The van der Waals surface area contributed by atoms with Crippen molar-refractivity contribution in [1.82, 2.24) is 4.90 Å². The number of ether oxygens (including phenoxy) is 1. The summed E-state index contributed by atoms with van der Waals surface area (Å²) in [6, 6.07) is 21.8. The molecule has 1 aliphatic carbocycles. The number of benzene rings is 2. The average molecular weight is 363 g/mol. The van der Waals surface area contributed by atoms with Gasteiger partial charge in [-0.05, 0) is 23.5 Å². The molecular weight excluding hydrogens is 338 g/mol. The Hall–Kier alpha value is -2.52. The predicted molar refractivity (Wildman–Crippen MR) is 102 cm³/mol. The van der Waals surface area contributed by atoms with E-state index in [9.17, 15) is 0 Å². The van der Waals surface area contributed by atoms with Gasteiger partial charge in [0.05, 0.1) is 13.2 Å². The van der Waals surface area contributed by atoms with Gasteiger partial charge in [0, 0.05) is 25.0 Å². The van der Waals surface area contributed by atoms with Crippen molar-refractivity contribution in [2.75, 3.05) is 13.2 Å². The highest BCUT2D eigenvalue weighted by atomic mass is 16.5. The second-order valence-corrected chi connectivity index (χ2v) is 7.13. The van der Waals surface area contributed by atoms with Crippen molar-refractivity contribution in [3.8, 4) is 0 Å². The van der Waals surface area contributed by atoms with Gasteiger partial charge in [-0.25, -0.2) is 0 Å². The molecule has 3 atom stereocenters. The van der Waals surface area contributed by atoms with Gasteiger partial charge in [-0.3, -0.25) is 4.90 Å². The van der Waals surface area contributed by atoms with Crippen molar-refractivity contribution in [3.63, 3.8) is 0 Å². The van der Waals surface area contributed by atoms with Crippen LogP contribution in [0.15, 0.2) is 72.8 Å². The van der Waals surface area contributed by atoms with Crippen molar-refractivity contribution in [1.29, 1.82) is 0 Å². The van der Waals surface area contributed by atoms with Gasteiger partial charge in [0.1, 0.15) is 0 Å². The molecule has 2 aromatic carbocycles. The third-order valence-electron chi connectivity index (χ3n) is 5.23. The lowest BCUT2D eigenvalue weighted by Crippen LogP contribution is -2.51. The van der Waals surface area contributed by atoms with Crippen molar-refractivity contribution in [3.05, 3.63) is 83.9 Å². The lowest BCUT2D eigenvalue weighted by atomic mass is 9.78. The molecule has 0 amide bonds. The van der Waals surface area contributed by atoms with Gasteiger partial charge in [-0.15, -0.1) is 0 Å². The van der Waals surface area contributed by atoms with Gasteiger partial charge in [-0.2, -0.15) is 9.59 Å². The van der Waals surface area contributed by atoms with Gasteiger partial charge in [0.25, 0.3) is 0 Å². The Morgan fingerprint density at radius 2 is 1.56 bits per heavy atom. The largest absolute Gasteiger partial charge is 0.376 e. The predicted octanol–water partition coefficient (Wildman–Crippen LogP) is 3.70. The monoisotopic (exact) mass is 363 g/mol. The van der Waals surface area contributed by atoms with Gasteiger partial charge in [0.15, 0.2) is 0 Å². The maximum Gasteiger partial charge on any atom is 0.373 e. The summed E-state index contributed by atoms with van der Waals surface area (Å²) >= 11 is 0. The van der Waals surface area contributed by atoms with Crippen molar-refractivity contribution >= 4 is 6.15 Å². The molecule has 4 heteroatoms. The van der Waals surface area contributed by atoms with Crippen LogP contribution in [0, 0.1) is 11.8 Å². The van der Waals surface area contributed by atoms with Crippen molar-refractivity contribution in [2.24, 2.45) is 11.8 Å². The van der Waals surface area contributed by atoms with Crippen molar-refractivity contribution in [2.45, 2.75) is 25.6 Å². The van der Waals surface area contributed by atoms with E-state index in [2.05, 4.69) is 77.7 Å². The van der Waals surface area contributed by atoms with E-state index in [0.29, 0.717) is 17.9 Å². The van der Waals surface area contributed by atoms with Gasteiger partial charge in [-0.1, -0.05) is 72.8 Å². The molecular formula is C23H25NO3. The van der Waals surface area contributed by atoms with Crippen LogP contribution in [0.5, 0.6) is 0 Å². The lowest BCUT2D eigenvalue weighted by molar-refractivity contribution is -0.191. The molecule has 0 aromatic heterocycles. The first-order valence-electron chi connectivity index (χ1n) is 9.37. The summed E-state index contributed by atoms with van der Waals surface area (Å²) in [5, 5.41) is 0. The summed E-state index contributed by atoms with van der Waals surface area (Å²) in [6.45, 7) is 3.80. The van der Waals surface area contributed by atoms with Crippen LogP contribution in [0.1, 0.15) is 17.5 Å². The highest BCUT2D eigenvalue weighted by molar-refractivity contribution is 5.20. The quantitative estimate of drug-likeness (QED) is 0.734. The summed E-state index contributed by atoms with van der Waals surface area (Å²) in [6.07, 6.45) is 6.35. The number of carbonyl (C=O) groups excluding carboxylic acids is 2. The van der Waals surface area contributed by atoms with E-state index in [1.165, 1.54) is 24.1 Å². The zero-order chi connectivity index (χ0) is 18.9. The smallest absolute Gasteiger partial charge is 0.373 e. The Labute approximate surface area is 160 Å². The summed E-state index contributed by atoms with van der Waals surface area (Å²) in [5.41, 5.74) is 2.66. The molecule has 0 N–H and O–H groups in total. The Bertz CT molecular complexity index is 754. The number of piperidine rings is 1. The van der Waals surface area contributed by atoms with Crippen LogP contribution >= 0.6 is 0 Å². The molecule has 5 rings (SSSR count). The third-order valence-corrected chi connectivity index (χ3v) is 5.23. The maximum absolute atomic E-state index is 8.12. The third kappa shape index (κ3) is 5.48. The second kappa shape index (κ2) is 9.98. The van der Waals surface area contributed by atoms with E-state index in [-0.39, 0.29) is 6.15 Å². The minimum atomic E-state index is 0.250. The SMILES string of the molecule is C1=CC2C(COCc3ccccc3)CC1CN2Cc1ccccc1.O=C=O. The molecule has 2 bridgehead atoms. The molecule has 0 radical (unpaired) electrons. The van der Waals surface area contributed by atoms with E-state index in [0.717, 1.165) is 19.8 Å². The molecule has 140 valence electrons. The van der Waals surface area contributed by atoms with E-state index in [1.54, 1.807) is 0 Å². The number of rotatable bonds is 6. The average Bonchev–Trinajstić information content (AvgIpc) is 2.71. The number of fused-ring (bicyclic) bond motifs is 2. The Kier molecular flexibility index (Phi) is 7.11. The molecule has 0 saturated carbocycles. The van der Waals surface area contributed by atoms with E-state index in [4.69, 9.17) is 14.3 Å². The fourth-order valence-corrected chi connectivity index (χ4v) is 4.07. The molecule has 1 saturated heterocycles.